The van der Waals surface area contributed by atoms with Crippen molar-refractivity contribution < 1.29 is 14.3 Å². The number of hydrogen-bond acceptors (Lipinski definition) is 4. The van der Waals surface area contributed by atoms with Crippen molar-refractivity contribution in [3.8, 4) is 0 Å². The van der Waals surface area contributed by atoms with Gasteiger partial charge in [-0.25, -0.2) is 0 Å². The molecule has 3 aliphatic rings. The van der Waals surface area contributed by atoms with Crippen LogP contribution in [-0.2, 0) is 14.3 Å². The molecule has 2 aliphatic heterocycles. The third kappa shape index (κ3) is 4.44. The van der Waals surface area contributed by atoms with E-state index in [2.05, 4.69) is 4.90 Å². The maximum atomic E-state index is 12.3. The van der Waals surface area contributed by atoms with E-state index in [4.69, 9.17) is 4.74 Å². The topological polar surface area (TPSA) is 53.1 Å². The van der Waals surface area contributed by atoms with Crippen LogP contribution in [0.1, 0.15) is 39.0 Å². The van der Waals surface area contributed by atoms with Gasteiger partial charge in [-0.05, 0) is 32.2 Å². The van der Waals surface area contributed by atoms with Crippen LogP contribution in [0.2, 0.25) is 0 Å². The van der Waals surface area contributed by atoms with Crippen molar-refractivity contribution >= 4 is 11.8 Å². The number of hydrogen-bond donors (Lipinski definition) is 0. The Hall–Kier alpha value is -1.14. The van der Waals surface area contributed by atoms with Crippen LogP contribution in [0.25, 0.3) is 0 Å². The van der Waals surface area contributed by atoms with Gasteiger partial charge in [-0.3, -0.25) is 14.5 Å². The van der Waals surface area contributed by atoms with Crippen molar-refractivity contribution in [3.63, 3.8) is 0 Å². The molecule has 0 radical (unpaired) electrons. The standard InChI is InChI=1S/C17H29N3O3/c1-14(21)20(15-4-5-15)13-16-3-2-7-18(16)8-6-17(22)19-9-11-23-12-10-19/h15-16H,2-13H2,1H3/t16-/m1/s1. The van der Waals surface area contributed by atoms with Crippen molar-refractivity contribution in [1.29, 1.82) is 0 Å². The summed E-state index contributed by atoms with van der Waals surface area (Å²) in [6, 6.07) is 0.905. The minimum atomic E-state index is 0.198. The molecule has 0 aromatic heterocycles. The van der Waals surface area contributed by atoms with Crippen LogP contribution >= 0.6 is 0 Å². The van der Waals surface area contributed by atoms with Gasteiger partial charge in [0.1, 0.15) is 0 Å². The molecule has 0 bridgehead atoms. The molecule has 0 aromatic rings. The number of nitrogens with zero attached hydrogens (tertiary/aromatic N) is 3. The minimum Gasteiger partial charge on any atom is -0.378 e. The zero-order valence-corrected chi connectivity index (χ0v) is 14.2. The third-order valence-electron chi connectivity index (χ3n) is 5.28. The van der Waals surface area contributed by atoms with E-state index >= 15 is 0 Å². The highest BCUT2D eigenvalue weighted by atomic mass is 16.5. The highest BCUT2D eigenvalue weighted by Crippen LogP contribution is 2.29. The van der Waals surface area contributed by atoms with Gasteiger partial charge in [-0.15, -0.1) is 0 Å². The summed E-state index contributed by atoms with van der Waals surface area (Å²) in [5.74, 6) is 0.438. The third-order valence-corrected chi connectivity index (χ3v) is 5.28. The lowest BCUT2D eigenvalue weighted by atomic mass is 10.2. The Labute approximate surface area is 138 Å². The minimum absolute atomic E-state index is 0.198. The Morgan fingerprint density at radius 3 is 2.52 bits per heavy atom. The number of likely N-dealkylation sites (tertiary alicyclic amines) is 1. The summed E-state index contributed by atoms with van der Waals surface area (Å²) in [4.78, 5) is 30.5. The largest absolute Gasteiger partial charge is 0.378 e. The van der Waals surface area contributed by atoms with Gasteiger partial charge in [0, 0.05) is 51.6 Å². The molecule has 130 valence electrons. The molecule has 0 unspecified atom stereocenters. The molecule has 1 aliphatic carbocycles. The first-order valence-electron chi connectivity index (χ1n) is 9.02. The van der Waals surface area contributed by atoms with E-state index in [9.17, 15) is 9.59 Å². The quantitative estimate of drug-likeness (QED) is 0.722. The molecule has 3 fully saturated rings. The number of morpholine rings is 1. The number of carbonyl (C=O) groups excluding carboxylic acids is 2. The lowest BCUT2D eigenvalue weighted by Crippen LogP contribution is -2.45. The van der Waals surface area contributed by atoms with Crippen LogP contribution in [0.4, 0.5) is 0 Å². The fraction of sp³-hybridized carbons (Fsp3) is 0.882. The zero-order valence-electron chi connectivity index (χ0n) is 14.2. The number of carbonyl (C=O) groups is 2. The lowest BCUT2D eigenvalue weighted by molar-refractivity contribution is -0.136. The summed E-state index contributed by atoms with van der Waals surface area (Å²) < 4.78 is 5.30. The van der Waals surface area contributed by atoms with Gasteiger partial charge >= 0.3 is 0 Å². The summed E-state index contributed by atoms with van der Waals surface area (Å²) in [7, 11) is 0. The summed E-state index contributed by atoms with van der Waals surface area (Å²) >= 11 is 0. The summed E-state index contributed by atoms with van der Waals surface area (Å²) in [6.45, 7) is 7.16. The Balaban J connectivity index is 1.46. The van der Waals surface area contributed by atoms with Crippen LogP contribution in [-0.4, -0.2) is 84.5 Å². The molecule has 3 rings (SSSR count). The van der Waals surface area contributed by atoms with E-state index in [1.807, 2.05) is 9.80 Å². The normalized spacial score (nSPS) is 25.6. The van der Waals surface area contributed by atoms with Gasteiger partial charge in [0.2, 0.25) is 11.8 Å². The van der Waals surface area contributed by atoms with E-state index < -0.39 is 0 Å². The summed E-state index contributed by atoms with van der Waals surface area (Å²) in [5, 5.41) is 0. The molecule has 0 N–H and O–H groups in total. The first kappa shape index (κ1) is 16.7. The van der Waals surface area contributed by atoms with Gasteiger partial charge in [-0.1, -0.05) is 0 Å². The van der Waals surface area contributed by atoms with E-state index in [0.29, 0.717) is 31.7 Å². The van der Waals surface area contributed by atoms with Crippen molar-refractivity contribution in [2.24, 2.45) is 0 Å². The molecule has 1 saturated carbocycles. The number of amides is 2. The highest BCUT2D eigenvalue weighted by Gasteiger charge is 2.35. The zero-order chi connectivity index (χ0) is 16.2. The Morgan fingerprint density at radius 2 is 1.87 bits per heavy atom. The number of rotatable bonds is 6. The summed E-state index contributed by atoms with van der Waals surface area (Å²) in [6.07, 6.45) is 5.21. The highest BCUT2D eigenvalue weighted by molar-refractivity contribution is 5.76. The van der Waals surface area contributed by atoms with E-state index in [0.717, 1.165) is 52.0 Å². The predicted molar refractivity (Wildman–Crippen MR) is 87.0 cm³/mol. The molecule has 2 amide bonds. The fourth-order valence-corrected chi connectivity index (χ4v) is 3.75. The van der Waals surface area contributed by atoms with Gasteiger partial charge in [-0.2, -0.15) is 0 Å². The van der Waals surface area contributed by atoms with Crippen molar-refractivity contribution in [3.05, 3.63) is 0 Å². The first-order chi connectivity index (χ1) is 11.1. The maximum Gasteiger partial charge on any atom is 0.224 e. The predicted octanol–water partition coefficient (Wildman–Crippen LogP) is 0.711. The Bertz CT molecular complexity index is 433. The SMILES string of the molecule is CC(=O)N(C[C@H]1CCCN1CCC(=O)N1CCOCC1)C1CC1. The molecule has 23 heavy (non-hydrogen) atoms. The van der Waals surface area contributed by atoms with Crippen LogP contribution in [0, 0.1) is 0 Å². The molecule has 2 saturated heterocycles. The molecular weight excluding hydrogens is 294 g/mol. The molecule has 0 spiro atoms. The van der Waals surface area contributed by atoms with E-state index in [1.165, 1.54) is 6.42 Å². The second-order valence-electron chi connectivity index (χ2n) is 6.98. The summed E-state index contributed by atoms with van der Waals surface area (Å²) in [5.41, 5.74) is 0. The Morgan fingerprint density at radius 1 is 1.13 bits per heavy atom. The smallest absolute Gasteiger partial charge is 0.224 e. The monoisotopic (exact) mass is 323 g/mol. The van der Waals surface area contributed by atoms with Gasteiger partial charge in [0.15, 0.2) is 0 Å². The molecule has 2 heterocycles. The van der Waals surface area contributed by atoms with Crippen LogP contribution in [0.5, 0.6) is 0 Å². The molecular formula is C17H29N3O3. The lowest BCUT2D eigenvalue weighted by Gasteiger charge is -2.31. The van der Waals surface area contributed by atoms with Crippen LogP contribution in [0.15, 0.2) is 0 Å². The van der Waals surface area contributed by atoms with Gasteiger partial charge in [0.05, 0.1) is 13.2 Å². The fourth-order valence-electron chi connectivity index (χ4n) is 3.75. The van der Waals surface area contributed by atoms with Crippen LogP contribution in [0.3, 0.4) is 0 Å². The second-order valence-corrected chi connectivity index (χ2v) is 6.98. The Kier molecular flexibility index (Phi) is 5.54. The molecule has 1 atom stereocenters. The molecule has 6 heteroatoms. The maximum absolute atomic E-state index is 12.3. The average Bonchev–Trinajstić information content (AvgIpc) is 3.30. The second kappa shape index (κ2) is 7.62. The van der Waals surface area contributed by atoms with E-state index in [1.54, 1.807) is 6.92 Å². The van der Waals surface area contributed by atoms with E-state index in [-0.39, 0.29) is 11.8 Å². The van der Waals surface area contributed by atoms with Gasteiger partial charge in [0.25, 0.3) is 0 Å². The van der Waals surface area contributed by atoms with Crippen LogP contribution < -0.4 is 0 Å². The molecule has 6 nitrogen and oxygen atoms in total. The first-order valence-corrected chi connectivity index (χ1v) is 9.02. The molecule has 0 aromatic carbocycles. The van der Waals surface area contributed by atoms with Crippen molar-refractivity contribution in [2.75, 3.05) is 45.9 Å². The average molecular weight is 323 g/mol. The van der Waals surface area contributed by atoms with Crippen molar-refractivity contribution in [2.45, 2.75) is 51.1 Å². The van der Waals surface area contributed by atoms with Crippen molar-refractivity contribution in [1.82, 2.24) is 14.7 Å². The van der Waals surface area contributed by atoms with Gasteiger partial charge < -0.3 is 14.5 Å². The number of ether oxygens (including phenoxy) is 1.